The van der Waals surface area contributed by atoms with Crippen LogP contribution in [0.4, 0.5) is 0 Å². The molecule has 4 nitrogen and oxygen atoms in total. The number of fused-ring (bicyclic) bond motifs is 1. The summed E-state index contributed by atoms with van der Waals surface area (Å²) in [5, 5.41) is 5.04. The molecule has 1 aromatic heterocycles. The van der Waals surface area contributed by atoms with Crippen LogP contribution >= 0.6 is 0 Å². The number of nitrogens with one attached hydrogen (secondary N) is 2. The third-order valence-electron chi connectivity index (χ3n) is 2.89. The van der Waals surface area contributed by atoms with Crippen LogP contribution in [-0.4, -0.2) is 16.6 Å². The first-order valence-electron chi connectivity index (χ1n) is 6.47. The second kappa shape index (κ2) is 5.69. The molecule has 4 heteroatoms. The molecule has 100 valence electrons. The van der Waals surface area contributed by atoms with Crippen LogP contribution in [0.25, 0.3) is 10.9 Å². The van der Waals surface area contributed by atoms with E-state index in [1.54, 1.807) is 6.20 Å². The lowest BCUT2D eigenvalue weighted by Crippen LogP contribution is -2.19. The number of amides is 1. The maximum atomic E-state index is 12.1. The molecule has 0 bridgehead atoms. The van der Waals surface area contributed by atoms with Gasteiger partial charge < -0.3 is 4.98 Å². The molecular formula is C15H19N3O. The van der Waals surface area contributed by atoms with Crippen LogP contribution in [0.2, 0.25) is 0 Å². The third kappa shape index (κ3) is 3.22. The summed E-state index contributed by atoms with van der Waals surface area (Å²) in [6.07, 6.45) is 2.60. The predicted octanol–water partition coefficient (Wildman–Crippen LogP) is 3.32. The number of carbonyl (C=O) groups excluding carboxylic acids is 1. The molecule has 0 radical (unpaired) electrons. The van der Waals surface area contributed by atoms with E-state index in [4.69, 9.17) is 0 Å². The number of H-pyrrole nitrogens is 1. The van der Waals surface area contributed by atoms with Gasteiger partial charge in [-0.2, -0.15) is 5.10 Å². The second-order valence-corrected chi connectivity index (χ2v) is 5.13. The Morgan fingerprint density at radius 2 is 2.11 bits per heavy atom. The zero-order valence-electron chi connectivity index (χ0n) is 11.5. The molecule has 2 aromatic rings. The molecule has 1 aromatic carbocycles. The van der Waals surface area contributed by atoms with E-state index in [0.29, 0.717) is 11.5 Å². The first kappa shape index (κ1) is 13.3. The van der Waals surface area contributed by atoms with E-state index in [1.165, 1.54) is 0 Å². The Hall–Kier alpha value is -2.10. The normalized spacial score (nSPS) is 12.1. The van der Waals surface area contributed by atoms with Crippen molar-refractivity contribution in [1.29, 1.82) is 0 Å². The van der Waals surface area contributed by atoms with E-state index in [-0.39, 0.29) is 5.91 Å². The summed E-state index contributed by atoms with van der Waals surface area (Å²) < 4.78 is 0. The van der Waals surface area contributed by atoms with Crippen molar-refractivity contribution in [2.75, 3.05) is 0 Å². The monoisotopic (exact) mass is 257 g/mol. The maximum absolute atomic E-state index is 12.1. The van der Waals surface area contributed by atoms with Gasteiger partial charge in [-0.25, -0.2) is 5.43 Å². The number of rotatable bonds is 4. The van der Waals surface area contributed by atoms with Crippen LogP contribution in [0.15, 0.2) is 35.6 Å². The number of carbonyl (C=O) groups is 1. The minimum absolute atomic E-state index is 0.180. The maximum Gasteiger partial charge on any atom is 0.273 e. The third-order valence-corrected chi connectivity index (χ3v) is 2.89. The molecule has 1 amide bonds. The zero-order valence-corrected chi connectivity index (χ0v) is 11.5. The summed E-state index contributed by atoms with van der Waals surface area (Å²) in [4.78, 5) is 15.2. The number of para-hydroxylation sites is 1. The van der Waals surface area contributed by atoms with Gasteiger partial charge in [0.05, 0.1) is 5.56 Å². The fourth-order valence-corrected chi connectivity index (χ4v) is 2.10. The van der Waals surface area contributed by atoms with Gasteiger partial charge in [-0.3, -0.25) is 4.79 Å². The van der Waals surface area contributed by atoms with Crippen LogP contribution in [0.3, 0.4) is 0 Å². The second-order valence-electron chi connectivity index (χ2n) is 5.13. The Kier molecular flexibility index (Phi) is 4.00. The molecule has 1 heterocycles. The molecule has 2 rings (SSSR count). The van der Waals surface area contributed by atoms with Crippen molar-refractivity contribution < 1.29 is 4.79 Å². The molecule has 2 N–H and O–H groups in total. The summed E-state index contributed by atoms with van der Waals surface area (Å²) in [5.74, 6) is 0.356. The Morgan fingerprint density at radius 1 is 1.37 bits per heavy atom. The van der Waals surface area contributed by atoms with Crippen LogP contribution in [0.5, 0.6) is 0 Å². The topological polar surface area (TPSA) is 57.2 Å². The fourth-order valence-electron chi connectivity index (χ4n) is 2.10. The van der Waals surface area contributed by atoms with Crippen LogP contribution in [-0.2, 0) is 0 Å². The summed E-state index contributed by atoms with van der Waals surface area (Å²) in [6.45, 7) is 6.18. The highest BCUT2D eigenvalue weighted by Gasteiger charge is 2.10. The van der Waals surface area contributed by atoms with Gasteiger partial charge in [0.2, 0.25) is 0 Å². The summed E-state index contributed by atoms with van der Waals surface area (Å²) >= 11 is 0. The number of hydrogen-bond donors (Lipinski definition) is 2. The van der Waals surface area contributed by atoms with Gasteiger partial charge in [0.25, 0.3) is 5.91 Å². The molecule has 0 saturated carbocycles. The van der Waals surface area contributed by atoms with Crippen molar-refractivity contribution in [3.8, 4) is 0 Å². The van der Waals surface area contributed by atoms with Crippen molar-refractivity contribution >= 4 is 22.5 Å². The van der Waals surface area contributed by atoms with Crippen molar-refractivity contribution in [2.24, 2.45) is 11.0 Å². The predicted molar refractivity (Wildman–Crippen MR) is 78.3 cm³/mol. The Morgan fingerprint density at radius 3 is 2.84 bits per heavy atom. The molecule has 0 atom stereocenters. The number of nitrogens with zero attached hydrogens (tertiary/aromatic N) is 1. The van der Waals surface area contributed by atoms with E-state index >= 15 is 0 Å². The van der Waals surface area contributed by atoms with Gasteiger partial charge in [-0.05, 0) is 25.3 Å². The molecule has 0 aliphatic carbocycles. The smallest absolute Gasteiger partial charge is 0.273 e. The summed E-state index contributed by atoms with van der Waals surface area (Å²) in [7, 11) is 0. The van der Waals surface area contributed by atoms with Crippen LogP contribution < -0.4 is 5.43 Å². The lowest BCUT2D eigenvalue weighted by Gasteiger charge is -2.04. The molecule has 0 unspecified atom stereocenters. The van der Waals surface area contributed by atoms with Crippen molar-refractivity contribution in [2.45, 2.75) is 27.2 Å². The van der Waals surface area contributed by atoms with E-state index in [9.17, 15) is 4.79 Å². The molecular weight excluding hydrogens is 238 g/mol. The largest absolute Gasteiger partial charge is 0.360 e. The Labute approximate surface area is 112 Å². The first-order chi connectivity index (χ1) is 9.08. The van der Waals surface area contributed by atoms with Gasteiger partial charge in [-0.1, -0.05) is 32.0 Å². The number of aromatic nitrogens is 1. The molecule has 19 heavy (non-hydrogen) atoms. The lowest BCUT2D eigenvalue weighted by molar-refractivity contribution is 0.0956. The van der Waals surface area contributed by atoms with E-state index in [1.807, 2.05) is 31.2 Å². The highest BCUT2D eigenvalue weighted by atomic mass is 16.2. The minimum atomic E-state index is -0.180. The molecule has 0 saturated heterocycles. The van der Waals surface area contributed by atoms with Crippen LogP contribution in [0, 0.1) is 5.92 Å². The van der Waals surface area contributed by atoms with E-state index < -0.39 is 0 Å². The van der Waals surface area contributed by atoms with E-state index in [0.717, 1.165) is 23.0 Å². The molecule has 0 fully saturated rings. The van der Waals surface area contributed by atoms with Gasteiger partial charge in [-0.15, -0.1) is 0 Å². The highest BCUT2D eigenvalue weighted by molar-refractivity contribution is 6.06. The van der Waals surface area contributed by atoms with Crippen molar-refractivity contribution in [3.63, 3.8) is 0 Å². The molecule has 0 aliphatic rings. The lowest BCUT2D eigenvalue weighted by atomic mass is 10.1. The van der Waals surface area contributed by atoms with Gasteiger partial charge in [0.1, 0.15) is 0 Å². The van der Waals surface area contributed by atoms with Gasteiger partial charge in [0, 0.05) is 22.8 Å². The molecule has 0 aliphatic heterocycles. The number of hydrazone groups is 1. The van der Waals surface area contributed by atoms with E-state index in [2.05, 4.69) is 29.4 Å². The average Bonchev–Trinajstić information content (AvgIpc) is 2.79. The van der Waals surface area contributed by atoms with Crippen molar-refractivity contribution in [3.05, 3.63) is 36.0 Å². The summed E-state index contributed by atoms with van der Waals surface area (Å²) in [6, 6.07) is 7.72. The number of benzene rings is 1. The Bertz CT molecular complexity index is 611. The molecule has 0 spiro atoms. The summed E-state index contributed by atoms with van der Waals surface area (Å²) in [5.41, 5.74) is 5.12. The number of hydrogen-bond acceptors (Lipinski definition) is 2. The zero-order chi connectivity index (χ0) is 13.8. The minimum Gasteiger partial charge on any atom is -0.360 e. The standard InChI is InChI=1S/C15H19N3O/c1-10(2)8-11(3)17-18-15(19)13-9-16-14-7-5-4-6-12(13)14/h4-7,9-10,16H,8H2,1-3H3,(H,18,19)/b17-11-. The Balaban J connectivity index is 2.12. The SMILES string of the molecule is C/C(CC(C)C)=N/NC(=O)c1c[nH]c2ccccc12. The van der Waals surface area contributed by atoms with Gasteiger partial charge >= 0.3 is 0 Å². The van der Waals surface area contributed by atoms with Crippen molar-refractivity contribution in [1.82, 2.24) is 10.4 Å². The highest BCUT2D eigenvalue weighted by Crippen LogP contribution is 2.17. The number of aromatic amines is 1. The van der Waals surface area contributed by atoms with Gasteiger partial charge in [0.15, 0.2) is 0 Å². The fraction of sp³-hybridized carbons (Fsp3) is 0.333. The average molecular weight is 257 g/mol. The quantitative estimate of drug-likeness (QED) is 0.640. The van der Waals surface area contributed by atoms with Crippen LogP contribution in [0.1, 0.15) is 37.6 Å². The first-order valence-corrected chi connectivity index (χ1v) is 6.47.